The van der Waals surface area contributed by atoms with E-state index in [1.165, 1.54) is 0 Å². The number of likely N-dealkylation sites (N-methyl/N-ethyl adjacent to an activating group) is 1. The van der Waals surface area contributed by atoms with Gasteiger partial charge in [0, 0.05) is 20.3 Å². The molecule has 0 amide bonds. The van der Waals surface area contributed by atoms with Crippen LogP contribution in [0.4, 0.5) is 0 Å². The summed E-state index contributed by atoms with van der Waals surface area (Å²) in [6.45, 7) is 7.98. The third-order valence-corrected chi connectivity index (χ3v) is 4.71. The van der Waals surface area contributed by atoms with Gasteiger partial charge in [0.2, 0.25) is 0 Å². The summed E-state index contributed by atoms with van der Waals surface area (Å²) in [5, 5.41) is 12.8. The number of ether oxygens (including phenoxy) is 2. The van der Waals surface area contributed by atoms with Crippen molar-refractivity contribution in [2.24, 2.45) is 5.92 Å². The van der Waals surface area contributed by atoms with E-state index in [0.29, 0.717) is 19.8 Å². The minimum Gasteiger partial charge on any atom is -0.480 e. The first-order valence-corrected chi connectivity index (χ1v) is 7.99. The standard InChI is InChI=1S/C16H31NO4/c1-5-17-16(14(18)19)9-6-7-13(16)8-11-21-12-10-15(2,3)20-4/h13,17H,5-12H2,1-4H3,(H,18,19). The molecule has 1 saturated carbocycles. The van der Waals surface area contributed by atoms with Gasteiger partial charge < -0.3 is 19.9 Å². The summed E-state index contributed by atoms with van der Waals surface area (Å²) in [5.41, 5.74) is -0.911. The highest BCUT2D eigenvalue weighted by Gasteiger charge is 2.48. The molecule has 0 bridgehead atoms. The Morgan fingerprint density at radius 2 is 2.14 bits per heavy atom. The summed E-state index contributed by atoms with van der Waals surface area (Å²) in [6.07, 6.45) is 4.29. The Labute approximate surface area is 128 Å². The molecule has 0 aliphatic heterocycles. The molecule has 5 nitrogen and oxygen atoms in total. The van der Waals surface area contributed by atoms with Gasteiger partial charge in [0.05, 0.1) is 5.60 Å². The molecule has 2 N–H and O–H groups in total. The molecule has 0 spiro atoms. The van der Waals surface area contributed by atoms with Crippen LogP contribution in [0.25, 0.3) is 0 Å². The molecule has 1 fully saturated rings. The van der Waals surface area contributed by atoms with Crippen molar-refractivity contribution < 1.29 is 19.4 Å². The highest BCUT2D eigenvalue weighted by Crippen LogP contribution is 2.38. The summed E-state index contributed by atoms with van der Waals surface area (Å²) >= 11 is 0. The minimum atomic E-state index is -0.746. The zero-order chi connectivity index (χ0) is 15.9. The molecule has 2 unspecified atom stereocenters. The Hall–Kier alpha value is -0.650. The zero-order valence-electron chi connectivity index (χ0n) is 13.9. The maximum atomic E-state index is 11.7. The van der Waals surface area contributed by atoms with Gasteiger partial charge in [-0.05, 0) is 52.0 Å². The van der Waals surface area contributed by atoms with E-state index in [9.17, 15) is 9.90 Å². The second kappa shape index (κ2) is 8.11. The van der Waals surface area contributed by atoms with Crippen molar-refractivity contribution in [3.05, 3.63) is 0 Å². The number of aliphatic carboxylic acids is 1. The summed E-state index contributed by atoms with van der Waals surface area (Å²) < 4.78 is 11.0. The van der Waals surface area contributed by atoms with Gasteiger partial charge >= 0.3 is 5.97 Å². The maximum Gasteiger partial charge on any atom is 0.324 e. The lowest BCUT2D eigenvalue weighted by molar-refractivity contribution is -0.146. The van der Waals surface area contributed by atoms with Crippen molar-refractivity contribution in [3.8, 4) is 0 Å². The molecule has 0 aromatic rings. The highest BCUT2D eigenvalue weighted by atomic mass is 16.5. The van der Waals surface area contributed by atoms with Crippen LogP contribution >= 0.6 is 0 Å². The van der Waals surface area contributed by atoms with Crippen LogP contribution in [0, 0.1) is 5.92 Å². The number of nitrogens with one attached hydrogen (secondary N) is 1. The van der Waals surface area contributed by atoms with Crippen LogP contribution in [0.1, 0.15) is 52.9 Å². The number of hydrogen-bond acceptors (Lipinski definition) is 4. The molecule has 5 heteroatoms. The van der Waals surface area contributed by atoms with E-state index in [4.69, 9.17) is 9.47 Å². The van der Waals surface area contributed by atoms with Gasteiger partial charge in [0.25, 0.3) is 0 Å². The fraction of sp³-hybridized carbons (Fsp3) is 0.938. The molecule has 2 atom stereocenters. The number of carbonyl (C=O) groups is 1. The summed E-state index contributed by atoms with van der Waals surface area (Å²) in [6, 6.07) is 0. The Morgan fingerprint density at radius 1 is 1.43 bits per heavy atom. The van der Waals surface area contributed by atoms with Gasteiger partial charge in [-0.15, -0.1) is 0 Å². The van der Waals surface area contributed by atoms with E-state index in [1.54, 1.807) is 7.11 Å². The van der Waals surface area contributed by atoms with E-state index >= 15 is 0 Å². The fourth-order valence-corrected chi connectivity index (χ4v) is 3.12. The van der Waals surface area contributed by atoms with Crippen molar-refractivity contribution >= 4 is 5.97 Å². The van der Waals surface area contributed by atoms with Crippen molar-refractivity contribution in [3.63, 3.8) is 0 Å². The average molecular weight is 301 g/mol. The topological polar surface area (TPSA) is 67.8 Å². The monoisotopic (exact) mass is 301 g/mol. The van der Waals surface area contributed by atoms with Crippen molar-refractivity contribution in [2.75, 3.05) is 26.9 Å². The lowest BCUT2D eigenvalue weighted by Gasteiger charge is -2.32. The average Bonchev–Trinajstić information content (AvgIpc) is 2.83. The van der Waals surface area contributed by atoms with Crippen LogP contribution in [0.15, 0.2) is 0 Å². The maximum absolute atomic E-state index is 11.7. The summed E-state index contributed by atoms with van der Waals surface area (Å²) in [4.78, 5) is 11.7. The largest absolute Gasteiger partial charge is 0.480 e. The molecule has 124 valence electrons. The third kappa shape index (κ3) is 4.94. The molecule has 0 radical (unpaired) electrons. The molecule has 1 aliphatic rings. The first kappa shape index (κ1) is 18.4. The van der Waals surface area contributed by atoms with Crippen LogP contribution in [-0.2, 0) is 14.3 Å². The first-order valence-electron chi connectivity index (χ1n) is 7.99. The molecule has 0 heterocycles. The highest BCUT2D eigenvalue weighted by molar-refractivity contribution is 5.79. The van der Waals surface area contributed by atoms with Crippen LogP contribution in [0.3, 0.4) is 0 Å². The second-order valence-electron chi connectivity index (χ2n) is 6.51. The van der Waals surface area contributed by atoms with E-state index in [2.05, 4.69) is 5.32 Å². The fourth-order valence-electron chi connectivity index (χ4n) is 3.12. The molecule has 1 rings (SSSR count). The number of carboxylic acid groups (broad SMARTS) is 1. The Morgan fingerprint density at radius 3 is 2.71 bits per heavy atom. The van der Waals surface area contributed by atoms with Crippen molar-refractivity contribution in [2.45, 2.75) is 64.0 Å². The summed E-state index contributed by atoms with van der Waals surface area (Å²) in [5.74, 6) is -0.558. The van der Waals surface area contributed by atoms with Crippen LogP contribution in [-0.4, -0.2) is 49.1 Å². The van der Waals surface area contributed by atoms with Gasteiger partial charge in [0.15, 0.2) is 0 Å². The Bertz CT molecular complexity index is 332. The molecular weight excluding hydrogens is 270 g/mol. The predicted octanol–water partition coefficient (Wildman–Crippen LogP) is 2.44. The number of rotatable bonds is 10. The normalized spacial score (nSPS) is 26.2. The lowest BCUT2D eigenvalue weighted by Crippen LogP contribution is -2.54. The molecule has 1 aliphatic carbocycles. The van der Waals surface area contributed by atoms with Crippen LogP contribution in [0.2, 0.25) is 0 Å². The number of methoxy groups -OCH3 is 1. The number of hydrogen-bond donors (Lipinski definition) is 2. The Kier molecular flexibility index (Phi) is 7.10. The lowest BCUT2D eigenvalue weighted by atomic mass is 9.84. The number of carboxylic acids is 1. The zero-order valence-corrected chi connectivity index (χ0v) is 13.9. The molecule has 0 saturated heterocycles. The van der Waals surface area contributed by atoms with Gasteiger partial charge in [-0.25, -0.2) is 0 Å². The van der Waals surface area contributed by atoms with E-state index in [1.807, 2.05) is 20.8 Å². The van der Waals surface area contributed by atoms with Gasteiger partial charge in [-0.1, -0.05) is 13.3 Å². The summed E-state index contributed by atoms with van der Waals surface area (Å²) in [7, 11) is 1.70. The predicted molar refractivity (Wildman–Crippen MR) is 82.5 cm³/mol. The van der Waals surface area contributed by atoms with Crippen molar-refractivity contribution in [1.82, 2.24) is 5.32 Å². The Balaban J connectivity index is 2.38. The van der Waals surface area contributed by atoms with E-state index in [-0.39, 0.29) is 11.5 Å². The SMILES string of the molecule is CCNC1(C(=O)O)CCCC1CCOCCC(C)(C)OC. The molecule has 21 heavy (non-hydrogen) atoms. The second-order valence-corrected chi connectivity index (χ2v) is 6.51. The smallest absolute Gasteiger partial charge is 0.324 e. The van der Waals surface area contributed by atoms with Gasteiger partial charge in [0.1, 0.15) is 5.54 Å². The van der Waals surface area contributed by atoms with Crippen molar-refractivity contribution in [1.29, 1.82) is 0 Å². The quantitative estimate of drug-likeness (QED) is 0.607. The molecule has 0 aromatic heterocycles. The van der Waals surface area contributed by atoms with E-state index in [0.717, 1.165) is 32.1 Å². The third-order valence-electron chi connectivity index (χ3n) is 4.71. The van der Waals surface area contributed by atoms with Gasteiger partial charge in [-0.3, -0.25) is 4.79 Å². The first-order chi connectivity index (χ1) is 9.88. The van der Waals surface area contributed by atoms with Crippen LogP contribution in [0.5, 0.6) is 0 Å². The molecule has 0 aromatic carbocycles. The minimum absolute atomic E-state index is 0.158. The molecular formula is C16H31NO4. The van der Waals surface area contributed by atoms with Crippen LogP contribution < -0.4 is 5.32 Å². The van der Waals surface area contributed by atoms with E-state index < -0.39 is 11.5 Å². The van der Waals surface area contributed by atoms with Gasteiger partial charge in [-0.2, -0.15) is 0 Å².